The Morgan fingerprint density at radius 1 is 1.24 bits per heavy atom. The largest absolute Gasteiger partial charge is 0.505 e. The lowest BCUT2D eigenvalue weighted by atomic mass is 10.2. The number of anilines is 1. The third-order valence-electron chi connectivity index (χ3n) is 3.36. The van der Waals surface area contributed by atoms with Crippen molar-refractivity contribution >= 4 is 11.6 Å². The number of para-hydroxylation sites is 2. The smallest absolute Gasteiger partial charge is 0.280 e. The predicted molar refractivity (Wildman–Crippen MR) is 90.2 cm³/mol. The Labute approximate surface area is 142 Å². The van der Waals surface area contributed by atoms with E-state index >= 15 is 0 Å². The molecular weight excluding hydrogens is 324 g/mol. The third kappa shape index (κ3) is 3.32. The van der Waals surface area contributed by atoms with Crippen LogP contribution in [0.15, 0.2) is 59.7 Å². The Hall–Kier alpha value is -3.68. The quantitative estimate of drug-likeness (QED) is 0.748. The molecule has 0 saturated heterocycles. The maximum Gasteiger partial charge on any atom is 0.280 e. The highest BCUT2D eigenvalue weighted by Gasteiger charge is 2.18. The molecule has 0 radical (unpaired) electrons. The molecule has 3 rings (SSSR count). The molecule has 0 fully saturated rings. The molecule has 0 spiro atoms. The van der Waals surface area contributed by atoms with Gasteiger partial charge in [-0.3, -0.25) is 14.6 Å². The average molecular weight is 338 g/mol. The van der Waals surface area contributed by atoms with Crippen molar-refractivity contribution in [3.63, 3.8) is 0 Å². The normalized spacial score (nSPS) is 10.3. The van der Waals surface area contributed by atoms with Crippen LogP contribution >= 0.6 is 0 Å². The number of rotatable bonds is 4. The first kappa shape index (κ1) is 16.2. The fourth-order valence-electron chi connectivity index (χ4n) is 2.21. The van der Waals surface area contributed by atoms with Crippen LogP contribution in [-0.4, -0.2) is 32.9 Å². The topological polar surface area (TPSA) is 106 Å². The summed E-state index contributed by atoms with van der Waals surface area (Å²) in [5, 5.41) is 16.5. The van der Waals surface area contributed by atoms with Crippen molar-refractivity contribution in [3.8, 4) is 17.2 Å². The molecular formula is C17H14N4O4. The van der Waals surface area contributed by atoms with E-state index in [1.165, 1.54) is 13.3 Å². The predicted octanol–water partition coefficient (Wildman–Crippen LogP) is 1.59. The molecule has 0 atom stereocenters. The molecule has 0 saturated carbocycles. The van der Waals surface area contributed by atoms with E-state index in [0.29, 0.717) is 17.1 Å². The summed E-state index contributed by atoms with van der Waals surface area (Å²) >= 11 is 0. The van der Waals surface area contributed by atoms with Crippen LogP contribution in [-0.2, 0) is 0 Å². The van der Waals surface area contributed by atoms with Gasteiger partial charge in [0.2, 0.25) is 0 Å². The van der Waals surface area contributed by atoms with Crippen LogP contribution in [0.5, 0.6) is 11.5 Å². The third-order valence-corrected chi connectivity index (χ3v) is 3.36. The van der Waals surface area contributed by atoms with Crippen molar-refractivity contribution in [2.75, 3.05) is 12.4 Å². The first-order chi connectivity index (χ1) is 12.1. The standard InChI is InChI=1S/C17H14N4O4/c1-25-14-7-3-2-6-12(14)21-15(23)9-13(22)16(20-21)17(24)19-11-5-4-8-18-10-11/h2-10,22H,1H3,(H,19,24). The molecule has 8 nitrogen and oxygen atoms in total. The Balaban J connectivity index is 2.04. The molecule has 1 aromatic carbocycles. The first-order valence-electron chi connectivity index (χ1n) is 7.28. The van der Waals surface area contributed by atoms with Crippen LogP contribution in [0, 0.1) is 0 Å². The van der Waals surface area contributed by atoms with Crippen molar-refractivity contribution in [3.05, 3.63) is 70.9 Å². The van der Waals surface area contributed by atoms with Gasteiger partial charge < -0.3 is 15.2 Å². The number of pyridine rings is 1. The summed E-state index contributed by atoms with van der Waals surface area (Å²) in [5.74, 6) is -0.784. The number of ether oxygens (including phenoxy) is 1. The molecule has 0 aliphatic rings. The molecule has 0 aliphatic carbocycles. The Morgan fingerprint density at radius 3 is 2.76 bits per heavy atom. The molecule has 3 aromatic rings. The maximum absolute atomic E-state index is 12.4. The summed E-state index contributed by atoms with van der Waals surface area (Å²) < 4.78 is 6.21. The van der Waals surface area contributed by atoms with E-state index in [-0.39, 0.29) is 5.69 Å². The van der Waals surface area contributed by atoms with Crippen molar-refractivity contribution < 1.29 is 14.6 Å². The minimum atomic E-state index is -0.672. The lowest BCUT2D eigenvalue weighted by molar-refractivity contribution is 0.101. The highest BCUT2D eigenvalue weighted by molar-refractivity contribution is 6.04. The summed E-state index contributed by atoms with van der Waals surface area (Å²) in [7, 11) is 1.46. The summed E-state index contributed by atoms with van der Waals surface area (Å²) in [6, 6.07) is 10.9. The zero-order valence-corrected chi connectivity index (χ0v) is 13.2. The molecule has 0 aliphatic heterocycles. The molecule has 25 heavy (non-hydrogen) atoms. The second kappa shape index (κ2) is 6.83. The first-order valence-corrected chi connectivity index (χ1v) is 7.28. The van der Waals surface area contributed by atoms with Gasteiger partial charge in [-0.15, -0.1) is 0 Å². The number of nitrogens with zero attached hydrogens (tertiary/aromatic N) is 3. The molecule has 2 aromatic heterocycles. The van der Waals surface area contributed by atoms with Crippen LogP contribution in [0.25, 0.3) is 5.69 Å². The van der Waals surface area contributed by atoms with Crippen LogP contribution < -0.4 is 15.6 Å². The molecule has 0 unspecified atom stereocenters. The number of nitrogens with one attached hydrogen (secondary N) is 1. The summed E-state index contributed by atoms with van der Waals surface area (Å²) in [6.07, 6.45) is 3.01. The lowest BCUT2D eigenvalue weighted by Gasteiger charge is -2.11. The van der Waals surface area contributed by atoms with Crippen LogP contribution in [0.4, 0.5) is 5.69 Å². The van der Waals surface area contributed by atoms with Gasteiger partial charge in [0.25, 0.3) is 11.5 Å². The fraction of sp³-hybridized carbons (Fsp3) is 0.0588. The van der Waals surface area contributed by atoms with Gasteiger partial charge in [0, 0.05) is 12.3 Å². The van der Waals surface area contributed by atoms with Crippen molar-refractivity contribution in [2.45, 2.75) is 0 Å². The number of carbonyl (C=O) groups is 1. The van der Waals surface area contributed by atoms with E-state index in [9.17, 15) is 14.7 Å². The van der Waals surface area contributed by atoms with Gasteiger partial charge in [-0.05, 0) is 24.3 Å². The zero-order chi connectivity index (χ0) is 17.8. The summed E-state index contributed by atoms with van der Waals surface area (Å²) in [5.41, 5.74) is -0.108. The minimum absolute atomic E-state index is 0.297. The highest BCUT2D eigenvalue weighted by atomic mass is 16.5. The van der Waals surface area contributed by atoms with E-state index < -0.39 is 17.2 Å². The second-order valence-electron chi connectivity index (χ2n) is 5.00. The monoisotopic (exact) mass is 338 g/mol. The summed E-state index contributed by atoms with van der Waals surface area (Å²) in [6.45, 7) is 0. The highest BCUT2D eigenvalue weighted by Crippen LogP contribution is 2.21. The van der Waals surface area contributed by atoms with Crippen molar-refractivity contribution in [1.82, 2.24) is 14.8 Å². The van der Waals surface area contributed by atoms with Gasteiger partial charge in [-0.25, -0.2) is 0 Å². The van der Waals surface area contributed by atoms with Gasteiger partial charge in [-0.1, -0.05) is 12.1 Å². The average Bonchev–Trinajstić information content (AvgIpc) is 2.62. The zero-order valence-electron chi connectivity index (χ0n) is 13.2. The van der Waals surface area contributed by atoms with Gasteiger partial charge >= 0.3 is 0 Å². The van der Waals surface area contributed by atoms with Crippen molar-refractivity contribution in [1.29, 1.82) is 0 Å². The van der Waals surface area contributed by atoms with E-state index in [0.717, 1.165) is 10.7 Å². The number of aromatic hydroxyl groups is 1. The number of methoxy groups -OCH3 is 1. The van der Waals surface area contributed by atoms with E-state index in [1.54, 1.807) is 42.6 Å². The van der Waals surface area contributed by atoms with E-state index in [4.69, 9.17) is 4.74 Å². The number of hydrogen-bond acceptors (Lipinski definition) is 6. The number of hydrogen-bond donors (Lipinski definition) is 2. The molecule has 126 valence electrons. The number of benzene rings is 1. The lowest BCUT2D eigenvalue weighted by Crippen LogP contribution is -2.25. The Bertz CT molecular complexity index is 970. The minimum Gasteiger partial charge on any atom is -0.505 e. The number of carbonyl (C=O) groups excluding carboxylic acids is 1. The second-order valence-corrected chi connectivity index (χ2v) is 5.00. The number of aromatic nitrogens is 3. The van der Waals surface area contributed by atoms with Gasteiger partial charge in [0.15, 0.2) is 11.4 Å². The van der Waals surface area contributed by atoms with Crippen LogP contribution in [0.1, 0.15) is 10.5 Å². The molecule has 2 heterocycles. The van der Waals surface area contributed by atoms with Crippen LogP contribution in [0.3, 0.4) is 0 Å². The molecule has 1 amide bonds. The van der Waals surface area contributed by atoms with Gasteiger partial charge in [0.1, 0.15) is 11.4 Å². The SMILES string of the molecule is COc1ccccc1-n1nc(C(=O)Nc2cccnc2)c(O)cc1=O. The van der Waals surface area contributed by atoms with Crippen LogP contribution in [0.2, 0.25) is 0 Å². The van der Waals surface area contributed by atoms with Crippen molar-refractivity contribution in [2.24, 2.45) is 0 Å². The van der Waals surface area contributed by atoms with Gasteiger partial charge in [-0.2, -0.15) is 9.78 Å². The molecule has 0 bridgehead atoms. The maximum atomic E-state index is 12.4. The van der Waals surface area contributed by atoms with E-state index in [2.05, 4.69) is 15.4 Å². The van der Waals surface area contributed by atoms with Gasteiger partial charge in [0.05, 0.1) is 19.0 Å². The fourth-order valence-corrected chi connectivity index (χ4v) is 2.21. The Kier molecular flexibility index (Phi) is 4.42. The molecule has 2 N–H and O–H groups in total. The Morgan fingerprint density at radius 2 is 2.04 bits per heavy atom. The van der Waals surface area contributed by atoms with E-state index in [1.807, 2.05) is 0 Å². The number of amides is 1. The summed E-state index contributed by atoms with van der Waals surface area (Å²) in [4.78, 5) is 28.4. The molecule has 8 heteroatoms.